The molecule has 10 atom stereocenters. The molecule has 40 heteroatoms. The van der Waals surface area contributed by atoms with Crippen molar-refractivity contribution in [3.63, 3.8) is 0 Å². The first-order valence-electron chi connectivity index (χ1n) is 31.2. The highest BCUT2D eigenvalue weighted by molar-refractivity contribution is 9.11. The summed E-state index contributed by atoms with van der Waals surface area (Å²) in [5, 5.41) is 0.405. The van der Waals surface area contributed by atoms with Gasteiger partial charge in [-0.2, -0.15) is 9.97 Å². The molecule has 2 aliphatic rings. The fourth-order valence-corrected chi connectivity index (χ4v) is 13.4. The smallest absolute Gasteiger partial charge is 0.324 e. The van der Waals surface area contributed by atoms with Crippen molar-refractivity contribution in [2.24, 2.45) is 0 Å². The first kappa shape index (κ1) is 82.7. The van der Waals surface area contributed by atoms with Crippen LogP contribution in [0.2, 0.25) is 5.28 Å². The third kappa shape index (κ3) is 23.7. The van der Waals surface area contributed by atoms with Gasteiger partial charge in [-0.05, 0) is 87.5 Å². The van der Waals surface area contributed by atoms with Gasteiger partial charge >= 0.3 is 59.8 Å². The normalized spacial score (nSPS) is 20.0. The summed E-state index contributed by atoms with van der Waals surface area (Å²) >= 11 is 20.3. The molecular formula is C63H72Br4ClN5O30. The lowest BCUT2D eigenvalue weighted by molar-refractivity contribution is -0.288. The molecule has 3 aromatic heterocycles. The Morgan fingerprint density at radius 3 is 1.02 bits per heavy atom. The minimum atomic E-state index is -1.61. The van der Waals surface area contributed by atoms with Crippen molar-refractivity contribution >= 4 is 157 Å². The van der Waals surface area contributed by atoms with Crippen LogP contribution in [0.4, 0.5) is 0 Å². The van der Waals surface area contributed by atoms with E-state index in [2.05, 4.69) is 78.7 Å². The van der Waals surface area contributed by atoms with Crippen LogP contribution in [0.1, 0.15) is 78.8 Å². The Labute approximate surface area is 625 Å². The van der Waals surface area contributed by atoms with Crippen molar-refractivity contribution in [3.8, 4) is 35.0 Å². The quantitative estimate of drug-likeness (QED) is 0.0228. The predicted molar refractivity (Wildman–Crippen MR) is 363 cm³/mol. The molecule has 0 spiro atoms. The minimum Gasteiger partial charge on any atom is -0.489 e. The van der Waals surface area contributed by atoms with Crippen LogP contribution in [-0.2, 0) is 105 Å². The molecule has 5 aromatic rings. The van der Waals surface area contributed by atoms with Crippen LogP contribution < -0.4 is 28.4 Å². The largest absolute Gasteiger partial charge is 0.489 e. The summed E-state index contributed by atoms with van der Waals surface area (Å²) in [4.78, 5) is 136. The van der Waals surface area contributed by atoms with Gasteiger partial charge in [-0.1, -0.05) is 0 Å². The lowest BCUT2D eigenvalue weighted by Crippen LogP contribution is -2.63. The van der Waals surface area contributed by atoms with Gasteiger partial charge in [-0.15, -0.1) is 4.98 Å². The Morgan fingerprint density at radius 1 is 0.408 bits per heavy atom. The third-order valence-electron chi connectivity index (χ3n) is 14.1. The molecule has 0 radical (unpaired) electrons. The fourth-order valence-electron chi connectivity index (χ4n) is 10.2. The summed E-state index contributed by atoms with van der Waals surface area (Å²) in [6.07, 6.45) is -12.1. The number of hydrogen-bond acceptors (Lipinski definition) is 33. The van der Waals surface area contributed by atoms with E-state index in [1.54, 1.807) is 12.1 Å². The maximum absolute atomic E-state index is 13.0. The highest BCUT2D eigenvalue weighted by atomic mass is 79.9. The van der Waals surface area contributed by atoms with E-state index in [4.69, 9.17) is 106 Å². The van der Waals surface area contributed by atoms with Crippen LogP contribution in [0.5, 0.6) is 35.0 Å². The van der Waals surface area contributed by atoms with Gasteiger partial charge in [0.05, 0.1) is 105 Å². The zero-order valence-electron chi connectivity index (χ0n) is 56.9. The molecule has 0 unspecified atom stereocenters. The summed E-state index contributed by atoms with van der Waals surface area (Å²) in [6.45, 7) is 11.6. The van der Waals surface area contributed by atoms with Crippen LogP contribution in [0.15, 0.2) is 42.4 Å². The number of carbonyl (C=O) groups excluding carboxylic acids is 10. The van der Waals surface area contributed by atoms with Crippen LogP contribution >= 0.6 is 75.3 Å². The molecule has 2 saturated heterocycles. The molecule has 2 aromatic carbocycles. The lowest BCUT2D eigenvalue weighted by atomic mass is 9.98. The van der Waals surface area contributed by atoms with Crippen molar-refractivity contribution in [1.29, 1.82) is 0 Å². The summed E-state index contributed by atoms with van der Waals surface area (Å²) < 4.78 is 119. The minimum absolute atomic E-state index is 0.00390. The van der Waals surface area contributed by atoms with Gasteiger partial charge in [0.1, 0.15) is 74.8 Å². The average molecular weight is 1730 g/mol. The monoisotopic (exact) mass is 1730 g/mol. The van der Waals surface area contributed by atoms with E-state index in [9.17, 15) is 47.9 Å². The number of hydrogen-bond donors (Lipinski definition) is 0. The molecule has 0 aliphatic carbocycles. The molecule has 0 amide bonds. The van der Waals surface area contributed by atoms with E-state index in [0.29, 0.717) is 39.7 Å². The third-order valence-corrected chi connectivity index (χ3v) is 16.9. The Kier molecular flexibility index (Phi) is 31.7. The van der Waals surface area contributed by atoms with Crippen molar-refractivity contribution in [2.75, 3.05) is 92.5 Å². The van der Waals surface area contributed by atoms with Crippen molar-refractivity contribution < 1.29 is 143 Å². The molecule has 35 nitrogen and oxygen atoms in total. The first-order valence-corrected chi connectivity index (χ1v) is 34.7. The Hall–Kier alpha value is -7.60. The summed E-state index contributed by atoms with van der Waals surface area (Å²) in [6, 6.07) is 2.97. The molecule has 2 aliphatic heterocycles. The van der Waals surface area contributed by atoms with Gasteiger partial charge in [0.2, 0.25) is 41.9 Å². The predicted octanol–water partition coefficient (Wildman–Crippen LogP) is 6.71. The first-order chi connectivity index (χ1) is 48.9. The van der Waals surface area contributed by atoms with Gasteiger partial charge in [0.15, 0.2) is 24.4 Å². The number of rotatable bonds is 36. The summed E-state index contributed by atoms with van der Waals surface area (Å²) in [7, 11) is 0. The van der Waals surface area contributed by atoms with Gasteiger partial charge in [-0.25, -0.2) is 0 Å². The van der Waals surface area contributed by atoms with Crippen molar-refractivity contribution in [2.45, 2.75) is 131 Å². The second kappa shape index (κ2) is 39.5. The standard InChI is InChI=1S/C63H72Br4ClN5O30/c1-29(74)72-25-43(100-59-57(98-37(9)82)55(96-35(7)80)53(94-33(5)78)45(102-59)27-92-31(3)76)47-41(72)23-39(64)51(49(47)66)88-19-15-84-11-13-86-17-21-90-62-69-61(68)70-63(71-62)91-22-18-87-14-12-85-16-20-89-52-40(65)24-42-48(50(52)67)44(26-73(42)30(2)75)101-60-58(99-38(10)83)56(97-36(8)81)54(95-34(6)79)46(103-60)28-93-32(4)77/h23-26,45-46,53-60H,11-22,27-28H2,1-10H3/t45-,46-,53-,54-,55+,56+,57-,58-,59-,60-/m1/s1. The maximum atomic E-state index is 13.0. The van der Waals surface area contributed by atoms with E-state index in [1.807, 2.05) is 0 Å². The molecule has 0 bridgehead atoms. The molecule has 5 heterocycles. The molecule has 564 valence electrons. The summed E-state index contributed by atoms with van der Waals surface area (Å²) in [5.41, 5.74) is 0.682. The molecule has 0 saturated carbocycles. The average Bonchev–Trinajstić information content (AvgIpc) is 1.66. The number of halogens is 5. The number of carbonyl (C=O) groups is 10. The number of esters is 8. The van der Waals surface area contributed by atoms with Crippen LogP contribution in [0, 0.1) is 0 Å². The van der Waals surface area contributed by atoms with Crippen LogP contribution in [0.25, 0.3) is 21.8 Å². The second-order valence-electron chi connectivity index (χ2n) is 21.9. The number of ether oxygens (including phenoxy) is 20. The van der Waals surface area contributed by atoms with E-state index in [1.165, 1.54) is 35.4 Å². The fraction of sp³-hybridized carbons (Fsp3) is 0.540. The Balaban J connectivity index is 0.835. The van der Waals surface area contributed by atoms with Crippen LogP contribution in [0.3, 0.4) is 0 Å². The van der Waals surface area contributed by atoms with E-state index < -0.39 is 134 Å². The van der Waals surface area contributed by atoms with Gasteiger partial charge in [0.25, 0.3) is 0 Å². The second-order valence-corrected chi connectivity index (χ2v) is 25.6. The van der Waals surface area contributed by atoms with E-state index in [0.717, 1.165) is 55.4 Å². The van der Waals surface area contributed by atoms with Crippen molar-refractivity contribution in [1.82, 2.24) is 24.1 Å². The topological polar surface area (TPSA) is 404 Å². The van der Waals surface area contributed by atoms with Gasteiger partial charge < -0.3 is 94.7 Å². The highest BCUT2D eigenvalue weighted by Crippen LogP contribution is 2.48. The van der Waals surface area contributed by atoms with Crippen molar-refractivity contribution in [3.05, 3.63) is 47.7 Å². The van der Waals surface area contributed by atoms with Crippen LogP contribution in [-0.4, -0.2) is 238 Å². The zero-order valence-corrected chi connectivity index (χ0v) is 64.0. The highest BCUT2D eigenvalue weighted by Gasteiger charge is 2.55. The maximum Gasteiger partial charge on any atom is 0.324 e. The van der Waals surface area contributed by atoms with Gasteiger partial charge in [-0.3, -0.25) is 57.1 Å². The molecule has 0 N–H and O–H groups in total. The van der Waals surface area contributed by atoms with E-state index in [-0.39, 0.29) is 120 Å². The van der Waals surface area contributed by atoms with Gasteiger partial charge in [0, 0.05) is 69.2 Å². The van der Waals surface area contributed by atoms with E-state index >= 15 is 0 Å². The lowest BCUT2D eigenvalue weighted by Gasteiger charge is -2.43. The summed E-state index contributed by atoms with van der Waals surface area (Å²) in [5.74, 6) is -6.68. The number of aromatic nitrogens is 5. The molecular weight excluding hydrogens is 1660 g/mol. The Bertz CT molecular complexity index is 3660. The number of benzene rings is 2. The zero-order chi connectivity index (χ0) is 75.4. The molecule has 2 fully saturated rings. The Morgan fingerprint density at radius 2 is 0.709 bits per heavy atom. The SMILES string of the molecule is CC(=O)OC[C@H]1O[C@@H](Oc2cn(C(C)=O)c3cc(Br)c(OCCOCCOCCOc4nc(Cl)nc(OCCOCCOCCOc5c(Br)cc6c(c(O[C@@H]7O[C@H](COC(C)=O)[C@@H](OC(C)=O)[C@H](OC(C)=O)[C@H]7OC(C)=O)cn6C(C)=O)c5Br)n4)c(Br)c23)[C@H](OC(C)=O)[C@@H](OC(C)=O)[C@@H]1OC(C)=O. The number of nitrogens with zero attached hydrogens (tertiary/aromatic N) is 5. The molecule has 103 heavy (non-hydrogen) atoms. The molecule has 7 rings (SSSR count). The number of fused-ring (bicyclic) bond motifs is 2.